The van der Waals surface area contributed by atoms with Crippen molar-refractivity contribution in [3.8, 4) is 0 Å². The van der Waals surface area contributed by atoms with Gasteiger partial charge in [0.1, 0.15) is 5.60 Å². The van der Waals surface area contributed by atoms with Crippen LogP contribution < -0.4 is 5.32 Å². The number of rotatable bonds is 5. The second-order valence-electron chi connectivity index (χ2n) is 5.13. The summed E-state index contributed by atoms with van der Waals surface area (Å²) in [6, 6.07) is -0.476. The van der Waals surface area contributed by atoms with Gasteiger partial charge in [-0.15, -0.1) is 0 Å². The summed E-state index contributed by atoms with van der Waals surface area (Å²) in [6.45, 7) is 8.35. The van der Waals surface area contributed by atoms with Gasteiger partial charge in [0.15, 0.2) is 0 Å². The minimum absolute atomic E-state index is 0.122. The minimum atomic E-state index is -0.795. The molecule has 0 radical (unpaired) electrons. The summed E-state index contributed by atoms with van der Waals surface area (Å²) >= 11 is 0. The SMILES string of the molecule is CC(=O)OCCC(O)C(C)NC(=O)OC(C)(C)C. The van der Waals surface area contributed by atoms with Crippen LogP contribution in [0.4, 0.5) is 4.79 Å². The molecule has 18 heavy (non-hydrogen) atoms. The third kappa shape index (κ3) is 8.81. The van der Waals surface area contributed by atoms with Crippen molar-refractivity contribution in [3.05, 3.63) is 0 Å². The lowest BCUT2D eigenvalue weighted by atomic mass is 10.1. The second-order valence-corrected chi connectivity index (χ2v) is 5.13. The largest absolute Gasteiger partial charge is 0.466 e. The van der Waals surface area contributed by atoms with Gasteiger partial charge in [0.25, 0.3) is 0 Å². The first-order chi connectivity index (χ1) is 8.11. The number of amides is 1. The first-order valence-electron chi connectivity index (χ1n) is 5.93. The molecule has 0 bridgehead atoms. The third-order valence-electron chi connectivity index (χ3n) is 2.04. The number of carbonyl (C=O) groups is 2. The molecule has 2 N–H and O–H groups in total. The molecule has 0 fully saturated rings. The van der Waals surface area contributed by atoms with Crippen molar-refractivity contribution >= 4 is 12.1 Å². The number of aliphatic hydroxyl groups is 1. The number of alkyl carbamates (subject to hydrolysis) is 1. The number of aliphatic hydroxyl groups excluding tert-OH is 1. The van der Waals surface area contributed by atoms with Crippen LogP contribution in [0.1, 0.15) is 41.0 Å². The number of hydrogen-bond donors (Lipinski definition) is 2. The maximum atomic E-state index is 11.4. The zero-order valence-corrected chi connectivity index (χ0v) is 11.6. The first kappa shape index (κ1) is 16.7. The molecule has 1 amide bonds. The van der Waals surface area contributed by atoms with Crippen molar-refractivity contribution < 1.29 is 24.2 Å². The monoisotopic (exact) mass is 261 g/mol. The molecule has 6 nitrogen and oxygen atoms in total. The molecule has 0 aliphatic carbocycles. The highest BCUT2D eigenvalue weighted by Gasteiger charge is 2.21. The van der Waals surface area contributed by atoms with Crippen molar-refractivity contribution in [3.63, 3.8) is 0 Å². The van der Waals surface area contributed by atoms with Crippen LogP contribution in [-0.2, 0) is 14.3 Å². The lowest BCUT2D eigenvalue weighted by Gasteiger charge is -2.24. The molecular formula is C12H23NO5. The molecule has 0 rings (SSSR count). The van der Waals surface area contributed by atoms with Gasteiger partial charge in [-0.1, -0.05) is 0 Å². The van der Waals surface area contributed by atoms with E-state index in [4.69, 9.17) is 9.47 Å². The van der Waals surface area contributed by atoms with Crippen LogP contribution in [0.25, 0.3) is 0 Å². The fourth-order valence-electron chi connectivity index (χ4n) is 1.16. The van der Waals surface area contributed by atoms with Gasteiger partial charge in [0, 0.05) is 13.3 Å². The predicted molar refractivity (Wildman–Crippen MR) is 66.1 cm³/mol. The summed E-state index contributed by atoms with van der Waals surface area (Å²) in [4.78, 5) is 22.0. The smallest absolute Gasteiger partial charge is 0.407 e. The normalized spacial score (nSPS) is 14.6. The van der Waals surface area contributed by atoms with E-state index in [1.54, 1.807) is 27.7 Å². The van der Waals surface area contributed by atoms with E-state index in [0.29, 0.717) is 0 Å². The molecule has 0 aliphatic rings. The topological polar surface area (TPSA) is 84.9 Å². The molecule has 0 aromatic rings. The maximum absolute atomic E-state index is 11.4. The fraction of sp³-hybridized carbons (Fsp3) is 0.833. The summed E-state index contributed by atoms with van der Waals surface area (Å²) < 4.78 is 9.76. The minimum Gasteiger partial charge on any atom is -0.466 e. The lowest BCUT2D eigenvalue weighted by molar-refractivity contribution is -0.141. The van der Waals surface area contributed by atoms with E-state index < -0.39 is 29.8 Å². The zero-order chi connectivity index (χ0) is 14.3. The van der Waals surface area contributed by atoms with Crippen LogP contribution in [0.5, 0.6) is 0 Å². The molecule has 2 atom stereocenters. The predicted octanol–water partition coefficient (Wildman–Crippen LogP) is 1.21. The van der Waals surface area contributed by atoms with E-state index >= 15 is 0 Å². The first-order valence-corrected chi connectivity index (χ1v) is 5.93. The van der Waals surface area contributed by atoms with E-state index in [-0.39, 0.29) is 13.0 Å². The Morgan fingerprint density at radius 2 is 1.89 bits per heavy atom. The van der Waals surface area contributed by atoms with Crippen LogP contribution in [-0.4, -0.2) is 41.5 Å². The highest BCUT2D eigenvalue weighted by Crippen LogP contribution is 2.07. The maximum Gasteiger partial charge on any atom is 0.407 e. The van der Waals surface area contributed by atoms with Crippen LogP contribution >= 0.6 is 0 Å². The van der Waals surface area contributed by atoms with E-state index in [1.807, 2.05) is 0 Å². The highest BCUT2D eigenvalue weighted by atomic mass is 16.6. The molecule has 0 aromatic carbocycles. The van der Waals surface area contributed by atoms with Gasteiger partial charge in [-0.3, -0.25) is 4.79 Å². The van der Waals surface area contributed by atoms with Crippen LogP contribution in [0.2, 0.25) is 0 Å². The highest BCUT2D eigenvalue weighted by molar-refractivity contribution is 5.68. The number of ether oxygens (including phenoxy) is 2. The van der Waals surface area contributed by atoms with Crippen molar-refractivity contribution in [2.24, 2.45) is 0 Å². The van der Waals surface area contributed by atoms with E-state index in [1.165, 1.54) is 6.92 Å². The van der Waals surface area contributed by atoms with Gasteiger partial charge in [-0.25, -0.2) is 4.79 Å². The molecule has 2 unspecified atom stereocenters. The molecule has 0 aliphatic heterocycles. The molecule has 0 saturated heterocycles. The van der Waals surface area contributed by atoms with E-state index in [0.717, 1.165) is 0 Å². The average Bonchev–Trinajstić information content (AvgIpc) is 2.13. The number of nitrogens with one attached hydrogen (secondary N) is 1. The second kappa shape index (κ2) is 7.20. The third-order valence-corrected chi connectivity index (χ3v) is 2.04. The quantitative estimate of drug-likeness (QED) is 0.727. The van der Waals surface area contributed by atoms with Crippen LogP contribution in [0, 0.1) is 0 Å². The van der Waals surface area contributed by atoms with Gasteiger partial charge in [-0.05, 0) is 27.7 Å². The fourth-order valence-corrected chi connectivity index (χ4v) is 1.16. The summed E-state index contributed by atoms with van der Waals surface area (Å²) in [5.41, 5.74) is -0.577. The van der Waals surface area contributed by atoms with E-state index in [9.17, 15) is 14.7 Å². The number of esters is 1. The Morgan fingerprint density at radius 3 is 2.33 bits per heavy atom. The van der Waals surface area contributed by atoms with Gasteiger partial charge >= 0.3 is 12.1 Å². The molecule has 0 aromatic heterocycles. The molecule has 0 saturated carbocycles. The summed E-state index contributed by atoms with van der Waals surface area (Å²) in [7, 11) is 0. The van der Waals surface area contributed by atoms with Crippen molar-refractivity contribution in [1.29, 1.82) is 0 Å². The summed E-state index contributed by atoms with van der Waals surface area (Å²) in [5.74, 6) is -0.394. The van der Waals surface area contributed by atoms with Crippen LogP contribution in [0.3, 0.4) is 0 Å². The average molecular weight is 261 g/mol. The molecular weight excluding hydrogens is 238 g/mol. The van der Waals surface area contributed by atoms with Gasteiger partial charge < -0.3 is 19.9 Å². The van der Waals surface area contributed by atoms with Gasteiger partial charge in [0.05, 0.1) is 18.8 Å². The molecule has 0 spiro atoms. The molecule has 106 valence electrons. The van der Waals surface area contributed by atoms with E-state index in [2.05, 4.69) is 5.32 Å². The van der Waals surface area contributed by atoms with Gasteiger partial charge in [0.2, 0.25) is 0 Å². The standard InChI is InChI=1S/C12H23NO5/c1-8(10(15)6-7-17-9(2)14)13-11(16)18-12(3,4)5/h8,10,15H,6-7H2,1-5H3,(H,13,16). The Labute approximate surface area is 108 Å². The van der Waals surface area contributed by atoms with Crippen molar-refractivity contribution in [2.75, 3.05) is 6.61 Å². The summed E-state index contributed by atoms with van der Waals surface area (Å²) in [6.07, 6.45) is -1.12. The zero-order valence-electron chi connectivity index (χ0n) is 11.6. The molecule has 6 heteroatoms. The Morgan fingerprint density at radius 1 is 1.33 bits per heavy atom. The summed E-state index contributed by atoms with van der Waals surface area (Å²) in [5, 5.41) is 12.2. The Hall–Kier alpha value is -1.30. The molecule has 0 heterocycles. The Bertz CT molecular complexity index is 285. The van der Waals surface area contributed by atoms with Gasteiger partial charge in [-0.2, -0.15) is 0 Å². The van der Waals surface area contributed by atoms with Crippen molar-refractivity contribution in [2.45, 2.75) is 58.8 Å². The number of hydrogen-bond acceptors (Lipinski definition) is 5. The lowest BCUT2D eigenvalue weighted by Crippen LogP contribution is -2.44. The Balaban J connectivity index is 3.96. The number of carbonyl (C=O) groups excluding carboxylic acids is 2. The van der Waals surface area contributed by atoms with Crippen molar-refractivity contribution in [1.82, 2.24) is 5.32 Å². The van der Waals surface area contributed by atoms with Crippen LogP contribution in [0.15, 0.2) is 0 Å². The Kier molecular flexibility index (Phi) is 6.68.